The number of aryl methyl sites for hydroxylation is 3. The van der Waals surface area contributed by atoms with E-state index < -0.39 is 0 Å². The van der Waals surface area contributed by atoms with Gasteiger partial charge in [0.25, 0.3) is 0 Å². The highest BCUT2D eigenvalue weighted by Crippen LogP contribution is 2.40. The van der Waals surface area contributed by atoms with Crippen LogP contribution in [-0.4, -0.2) is 4.40 Å². The summed E-state index contributed by atoms with van der Waals surface area (Å²) in [4.78, 5) is 0. The summed E-state index contributed by atoms with van der Waals surface area (Å²) in [6.07, 6.45) is 0. The molecule has 0 radical (unpaired) electrons. The molecule has 0 amide bonds. The van der Waals surface area contributed by atoms with Gasteiger partial charge in [-0.05, 0) is 62.7 Å². The number of rotatable bonds is 0. The van der Waals surface area contributed by atoms with Gasteiger partial charge in [-0.3, -0.25) is 0 Å². The number of benzene rings is 3. The molecular formula is C21H17N. The van der Waals surface area contributed by atoms with Crippen LogP contribution in [0.2, 0.25) is 0 Å². The zero-order valence-corrected chi connectivity index (χ0v) is 13.1. The molecular weight excluding hydrogens is 266 g/mol. The van der Waals surface area contributed by atoms with E-state index in [1.807, 2.05) is 0 Å². The van der Waals surface area contributed by atoms with Crippen molar-refractivity contribution in [3.8, 4) is 0 Å². The predicted molar refractivity (Wildman–Crippen MR) is 95.3 cm³/mol. The fourth-order valence-electron chi connectivity index (χ4n) is 3.92. The van der Waals surface area contributed by atoms with Gasteiger partial charge in [0, 0.05) is 21.5 Å². The van der Waals surface area contributed by atoms with E-state index >= 15 is 0 Å². The summed E-state index contributed by atoms with van der Waals surface area (Å²) in [5.41, 5.74) is 7.97. The number of hydrogen-bond acceptors (Lipinski definition) is 0. The lowest BCUT2D eigenvalue weighted by Gasteiger charge is -2.00. The van der Waals surface area contributed by atoms with E-state index in [1.54, 1.807) is 0 Å². The quantitative estimate of drug-likeness (QED) is 0.340. The first kappa shape index (κ1) is 12.0. The van der Waals surface area contributed by atoms with Crippen molar-refractivity contribution in [3.05, 3.63) is 65.2 Å². The highest BCUT2D eigenvalue weighted by molar-refractivity contribution is 6.23. The van der Waals surface area contributed by atoms with Crippen LogP contribution in [-0.2, 0) is 0 Å². The largest absolute Gasteiger partial charge is 0.308 e. The van der Waals surface area contributed by atoms with Crippen molar-refractivity contribution in [2.45, 2.75) is 20.8 Å². The van der Waals surface area contributed by atoms with Gasteiger partial charge in [-0.2, -0.15) is 0 Å². The lowest BCUT2D eigenvalue weighted by molar-refractivity contribution is 1.36. The van der Waals surface area contributed by atoms with Gasteiger partial charge in [0.15, 0.2) is 0 Å². The molecule has 2 heterocycles. The maximum Gasteiger partial charge on any atom is 0.0620 e. The summed E-state index contributed by atoms with van der Waals surface area (Å²) >= 11 is 0. The van der Waals surface area contributed by atoms with Gasteiger partial charge < -0.3 is 4.40 Å². The monoisotopic (exact) mass is 283 g/mol. The van der Waals surface area contributed by atoms with Crippen LogP contribution in [0, 0.1) is 20.8 Å². The predicted octanol–water partition coefficient (Wildman–Crippen LogP) is 5.76. The molecule has 0 spiro atoms. The first-order valence-corrected chi connectivity index (χ1v) is 7.80. The second-order valence-corrected chi connectivity index (χ2v) is 6.59. The molecule has 1 heteroatoms. The van der Waals surface area contributed by atoms with E-state index in [4.69, 9.17) is 0 Å². The van der Waals surface area contributed by atoms with Crippen LogP contribution < -0.4 is 0 Å². The Hall–Kier alpha value is -2.54. The van der Waals surface area contributed by atoms with Gasteiger partial charge in [0.1, 0.15) is 0 Å². The summed E-state index contributed by atoms with van der Waals surface area (Å²) in [5, 5.41) is 5.49. The molecule has 0 saturated heterocycles. The summed E-state index contributed by atoms with van der Waals surface area (Å²) in [6, 6.07) is 18.2. The molecule has 22 heavy (non-hydrogen) atoms. The first-order chi connectivity index (χ1) is 10.6. The van der Waals surface area contributed by atoms with Crippen molar-refractivity contribution in [3.63, 3.8) is 0 Å². The Balaban J connectivity index is 2.22. The van der Waals surface area contributed by atoms with E-state index in [0.29, 0.717) is 0 Å². The van der Waals surface area contributed by atoms with Crippen molar-refractivity contribution in [2.75, 3.05) is 0 Å². The molecule has 0 fully saturated rings. The molecule has 5 aromatic rings. The minimum atomic E-state index is 1.31. The summed E-state index contributed by atoms with van der Waals surface area (Å²) in [7, 11) is 0. The third-order valence-corrected chi connectivity index (χ3v) is 4.84. The third kappa shape index (κ3) is 1.34. The van der Waals surface area contributed by atoms with Crippen LogP contribution in [0.15, 0.2) is 48.5 Å². The van der Waals surface area contributed by atoms with Crippen LogP contribution in [0.4, 0.5) is 0 Å². The van der Waals surface area contributed by atoms with Crippen LogP contribution in [0.3, 0.4) is 0 Å². The molecule has 0 atom stereocenters. The minimum Gasteiger partial charge on any atom is -0.308 e. The van der Waals surface area contributed by atoms with Crippen LogP contribution in [0.5, 0.6) is 0 Å². The van der Waals surface area contributed by atoms with Crippen molar-refractivity contribution in [2.24, 2.45) is 0 Å². The lowest BCUT2D eigenvalue weighted by atomic mass is 10.0. The molecule has 106 valence electrons. The number of aromatic nitrogens is 1. The normalized spacial score (nSPS) is 12.3. The van der Waals surface area contributed by atoms with Crippen LogP contribution >= 0.6 is 0 Å². The average molecular weight is 283 g/mol. The third-order valence-electron chi connectivity index (χ3n) is 4.84. The molecule has 0 unspecified atom stereocenters. The van der Waals surface area contributed by atoms with E-state index in [1.165, 1.54) is 54.8 Å². The number of nitrogens with zero attached hydrogens (tertiary/aromatic N) is 1. The van der Waals surface area contributed by atoms with Gasteiger partial charge in [-0.25, -0.2) is 0 Å². The molecule has 0 N–H and O–H groups in total. The molecule has 0 aliphatic heterocycles. The molecule has 5 rings (SSSR count). The smallest absolute Gasteiger partial charge is 0.0620 e. The summed E-state index contributed by atoms with van der Waals surface area (Å²) < 4.78 is 2.44. The second-order valence-electron chi connectivity index (χ2n) is 6.59. The Morgan fingerprint density at radius 1 is 0.545 bits per heavy atom. The van der Waals surface area contributed by atoms with E-state index in [2.05, 4.69) is 73.7 Å². The number of hydrogen-bond donors (Lipinski definition) is 0. The summed E-state index contributed by atoms with van der Waals surface area (Å²) in [6.45, 7) is 6.54. The zero-order chi connectivity index (χ0) is 15.0. The molecule has 0 bridgehead atoms. The Morgan fingerprint density at radius 3 is 1.50 bits per heavy atom. The van der Waals surface area contributed by atoms with Crippen molar-refractivity contribution in [1.29, 1.82) is 0 Å². The van der Waals surface area contributed by atoms with E-state index in [0.717, 1.165) is 0 Å². The van der Waals surface area contributed by atoms with E-state index in [9.17, 15) is 0 Å². The second kappa shape index (κ2) is 3.80. The molecule has 0 aliphatic carbocycles. The first-order valence-electron chi connectivity index (χ1n) is 7.80. The van der Waals surface area contributed by atoms with Gasteiger partial charge in [0.05, 0.1) is 16.6 Å². The maximum atomic E-state index is 2.44. The standard InChI is InChI=1S/C21H17N/c1-12-4-6-19-15(8-12)17-10-14(3)11-18-16-9-13(2)5-7-20(16)22(19)21(17)18/h4-11H,1-3H3. The molecule has 0 saturated carbocycles. The van der Waals surface area contributed by atoms with Gasteiger partial charge >= 0.3 is 0 Å². The number of fused-ring (bicyclic) bond motifs is 6. The fraction of sp³-hybridized carbons (Fsp3) is 0.143. The van der Waals surface area contributed by atoms with Crippen molar-refractivity contribution >= 4 is 38.1 Å². The van der Waals surface area contributed by atoms with Gasteiger partial charge in [0.2, 0.25) is 0 Å². The Morgan fingerprint density at radius 2 is 1.00 bits per heavy atom. The van der Waals surface area contributed by atoms with Crippen molar-refractivity contribution in [1.82, 2.24) is 4.40 Å². The fourth-order valence-corrected chi connectivity index (χ4v) is 3.92. The molecule has 3 aromatic carbocycles. The van der Waals surface area contributed by atoms with Crippen LogP contribution in [0.1, 0.15) is 16.7 Å². The minimum absolute atomic E-state index is 1.31. The van der Waals surface area contributed by atoms with E-state index in [-0.39, 0.29) is 0 Å². The highest BCUT2D eigenvalue weighted by Gasteiger charge is 2.17. The zero-order valence-electron chi connectivity index (χ0n) is 13.1. The lowest BCUT2D eigenvalue weighted by Crippen LogP contribution is -1.81. The summed E-state index contributed by atoms with van der Waals surface area (Å²) in [5.74, 6) is 0. The Kier molecular flexibility index (Phi) is 2.08. The highest BCUT2D eigenvalue weighted by atomic mass is 14.9. The topological polar surface area (TPSA) is 4.41 Å². The molecule has 0 aliphatic rings. The average Bonchev–Trinajstić information content (AvgIpc) is 2.96. The van der Waals surface area contributed by atoms with Gasteiger partial charge in [-0.15, -0.1) is 0 Å². The van der Waals surface area contributed by atoms with Gasteiger partial charge in [-0.1, -0.05) is 23.3 Å². The van der Waals surface area contributed by atoms with Crippen molar-refractivity contribution < 1.29 is 0 Å². The Labute approximate surface area is 129 Å². The molecule has 1 nitrogen and oxygen atoms in total. The molecule has 2 aromatic heterocycles. The maximum absolute atomic E-state index is 2.44. The van der Waals surface area contributed by atoms with Crippen LogP contribution in [0.25, 0.3) is 38.1 Å². The SMILES string of the molecule is Cc1ccc2c(c1)c1cc(C)cc3c4cc(C)ccc4n2c13. The Bertz CT molecular complexity index is 1100.